The van der Waals surface area contributed by atoms with E-state index in [2.05, 4.69) is 31.2 Å². The molecule has 0 aliphatic rings. The van der Waals surface area contributed by atoms with Crippen molar-refractivity contribution in [2.45, 2.75) is 6.61 Å². The van der Waals surface area contributed by atoms with E-state index in [9.17, 15) is 4.79 Å². The summed E-state index contributed by atoms with van der Waals surface area (Å²) in [6.07, 6.45) is 2.78. The van der Waals surface area contributed by atoms with Crippen molar-refractivity contribution in [1.82, 2.24) is 9.97 Å². The fourth-order valence-electron chi connectivity index (χ4n) is 2.09. The smallest absolute Gasteiger partial charge is 0.413 e. The number of aromatic nitrogens is 2. The number of carbonyl (C=O) groups excluding carboxylic acids is 1. The topological polar surface area (TPSA) is 64.1 Å². The summed E-state index contributed by atoms with van der Waals surface area (Å²) in [6, 6.07) is 16.9. The van der Waals surface area contributed by atoms with Crippen LogP contribution < -0.4 is 5.32 Å². The molecule has 3 rings (SSSR count). The number of nitrogens with zero attached hydrogens (tertiary/aromatic N) is 2. The van der Waals surface area contributed by atoms with Crippen LogP contribution in [0.4, 0.5) is 10.6 Å². The average Bonchev–Trinajstić information content (AvgIpc) is 2.63. The minimum atomic E-state index is -0.555. The molecule has 5 nitrogen and oxygen atoms in total. The third-order valence-electron chi connectivity index (χ3n) is 3.24. The second kappa shape index (κ2) is 7.70. The Morgan fingerprint density at radius 3 is 2.62 bits per heavy atom. The van der Waals surface area contributed by atoms with Gasteiger partial charge in [0.15, 0.2) is 0 Å². The van der Waals surface area contributed by atoms with Gasteiger partial charge in [-0.1, -0.05) is 36.4 Å². The third-order valence-corrected chi connectivity index (χ3v) is 3.87. The fourth-order valence-corrected chi connectivity index (χ4v) is 2.51. The summed E-state index contributed by atoms with van der Waals surface area (Å²) in [4.78, 5) is 20.4. The predicted molar refractivity (Wildman–Crippen MR) is 95.4 cm³/mol. The van der Waals surface area contributed by atoms with Gasteiger partial charge in [0.2, 0.25) is 0 Å². The Morgan fingerprint density at radius 2 is 1.88 bits per heavy atom. The number of pyridine rings is 2. The molecule has 0 bridgehead atoms. The van der Waals surface area contributed by atoms with Crippen molar-refractivity contribution in [3.05, 3.63) is 77.0 Å². The number of ether oxygens (including phenoxy) is 1. The van der Waals surface area contributed by atoms with Crippen LogP contribution in [0.1, 0.15) is 5.56 Å². The van der Waals surface area contributed by atoms with Crippen molar-refractivity contribution < 1.29 is 9.53 Å². The van der Waals surface area contributed by atoms with Crippen LogP contribution in [0.5, 0.6) is 0 Å². The SMILES string of the molecule is O=C(Nc1cc(-c2ccccn2)c(Br)cn1)OCc1ccccc1. The molecule has 1 N–H and O–H groups in total. The maximum atomic E-state index is 11.9. The first-order valence-electron chi connectivity index (χ1n) is 7.27. The van der Waals surface area contributed by atoms with Crippen LogP contribution in [-0.2, 0) is 11.3 Å². The molecule has 24 heavy (non-hydrogen) atoms. The lowest BCUT2D eigenvalue weighted by molar-refractivity contribution is 0.155. The number of carbonyl (C=O) groups is 1. The molecule has 3 aromatic rings. The monoisotopic (exact) mass is 383 g/mol. The van der Waals surface area contributed by atoms with Gasteiger partial charge in [0.05, 0.1) is 5.69 Å². The lowest BCUT2D eigenvalue weighted by atomic mass is 10.2. The van der Waals surface area contributed by atoms with Crippen LogP contribution in [0.25, 0.3) is 11.3 Å². The van der Waals surface area contributed by atoms with Crippen LogP contribution in [0.15, 0.2) is 71.5 Å². The average molecular weight is 384 g/mol. The highest BCUT2D eigenvalue weighted by atomic mass is 79.9. The van der Waals surface area contributed by atoms with Crippen molar-refractivity contribution in [3.63, 3.8) is 0 Å². The van der Waals surface area contributed by atoms with E-state index < -0.39 is 6.09 Å². The number of benzene rings is 1. The van der Waals surface area contributed by atoms with Crippen molar-refractivity contribution in [3.8, 4) is 11.3 Å². The van der Waals surface area contributed by atoms with Gasteiger partial charge in [0, 0.05) is 22.4 Å². The quantitative estimate of drug-likeness (QED) is 0.711. The Kier molecular flexibility index (Phi) is 5.18. The summed E-state index contributed by atoms with van der Waals surface area (Å²) >= 11 is 3.45. The lowest BCUT2D eigenvalue weighted by Gasteiger charge is -2.09. The van der Waals surface area contributed by atoms with E-state index in [0.717, 1.165) is 21.3 Å². The molecule has 0 saturated carbocycles. The number of rotatable bonds is 4. The van der Waals surface area contributed by atoms with Gasteiger partial charge in [-0.2, -0.15) is 0 Å². The zero-order valence-electron chi connectivity index (χ0n) is 12.6. The third kappa shape index (κ3) is 4.17. The molecule has 6 heteroatoms. The van der Waals surface area contributed by atoms with Gasteiger partial charge in [-0.15, -0.1) is 0 Å². The second-order valence-electron chi connectivity index (χ2n) is 4.95. The van der Waals surface area contributed by atoms with Gasteiger partial charge in [0.1, 0.15) is 12.4 Å². The number of halogens is 1. The highest BCUT2D eigenvalue weighted by Gasteiger charge is 2.10. The molecular formula is C18H14BrN3O2. The van der Waals surface area contributed by atoms with E-state index >= 15 is 0 Å². The summed E-state index contributed by atoms with van der Waals surface area (Å²) in [6.45, 7) is 0.205. The zero-order chi connectivity index (χ0) is 16.8. The fraction of sp³-hybridized carbons (Fsp3) is 0.0556. The maximum absolute atomic E-state index is 11.9. The molecule has 0 unspecified atom stereocenters. The molecule has 0 fully saturated rings. The van der Waals surface area contributed by atoms with E-state index in [1.807, 2.05) is 48.5 Å². The zero-order valence-corrected chi connectivity index (χ0v) is 14.2. The van der Waals surface area contributed by atoms with E-state index in [4.69, 9.17) is 4.74 Å². The van der Waals surface area contributed by atoms with Crippen LogP contribution in [0.2, 0.25) is 0 Å². The highest BCUT2D eigenvalue weighted by molar-refractivity contribution is 9.10. The Labute approximate surface area is 147 Å². The van der Waals surface area contributed by atoms with Crippen LogP contribution in [-0.4, -0.2) is 16.1 Å². The minimum Gasteiger partial charge on any atom is -0.444 e. The molecule has 2 heterocycles. The molecule has 1 aromatic carbocycles. The van der Waals surface area contributed by atoms with Crippen molar-refractivity contribution in [1.29, 1.82) is 0 Å². The number of hydrogen-bond donors (Lipinski definition) is 1. The largest absolute Gasteiger partial charge is 0.444 e. The molecular weight excluding hydrogens is 370 g/mol. The van der Waals surface area contributed by atoms with Crippen molar-refractivity contribution in [2.75, 3.05) is 5.32 Å². The van der Waals surface area contributed by atoms with Gasteiger partial charge in [-0.05, 0) is 39.7 Å². The standard InChI is InChI=1S/C18H14BrN3O2/c19-15-11-21-17(10-14(15)16-8-4-5-9-20-16)22-18(23)24-12-13-6-2-1-3-7-13/h1-11H,12H2,(H,21,22,23). The number of nitrogens with one attached hydrogen (secondary N) is 1. The maximum Gasteiger partial charge on any atom is 0.413 e. The Morgan fingerprint density at radius 1 is 1.08 bits per heavy atom. The Bertz CT molecular complexity index is 826. The van der Waals surface area contributed by atoms with E-state index in [1.165, 1.54) is 0 Å². The molecule has 0 saturated heterocycles. The summed E-state index contributed by atoms with van der Waals surface area (Å²) in [5, 5.41) is 2.63. The molecule has 0 aliphatic heterocycles. The molecule has 120 valence electrons. The van der Waals surface area contributed by atoms with Gasteiger partial charge in [-0.25, -0.2) is 9.78 Å². The summed E-state index contributed by atoms with van der Waals surface area (Å²) in [5.41, 5.74) is 2.54. The summed E-state index contributed by atoms with van der Waals surface area (Å²) < 4.78 is 5.99. The normalized spacial score (nSPS) is 10.2. The number of amides is 1. The van der Waals surface area contributed by atoms with Gasteiger partial charge in [0.25, 0.3) is 0 Å². The summed E-state index contributed by atoms with van der Waals surface area (Å²) in [7, 11) is 0. The molecule has 0 atom stereocenters. The first-order valence-corrected chi connectivity index (χ1v) is 8.06. The molecule has 2 aromatic heterocycles. The van der Waals surface area contributed by atoms with Crippen LogP contribution >= 0.6 is 15.9 Å². The van der Waals surface area contributed by atoms with Crippen LogP contribution in [0, 0.1) is 0 Å². The minimum absolute atomic E-state index is 0.205. The van der Waals surface area contributed by atoms with E-state index in [0.29, 0.717) is 5.82 Å². The number of hydrogen-bond acceptors (Lipinski definition) is 4. The predicted octanol–water partition coefficient (Wildman–Crippen LogP) is 4.65. The van der Waals surface area contributed by atoms with Gasteiger partial charge < -0.3 is 4.74 Å². The molecule has 0 spiro atoms. The Hall–Kier alpha value is -2.73. The van der Waals surface area contributed by atoms with Gasteiger partial charge in [-0.3, -0.25) is 10.3 Å². The number of anilines is 1. The molecule has 0 aliphatic carbocycles. The second-order valence-corrected chi connectivity index (χ2v) is 5.81. The van der Waals surface area contributed by atoms with E-state index in [1.54, 1.807) is 18.5 Å². The van der Waals surface area contributed by atoms with E-state index in [-0.39, 0.29) is 6.61 Å². The Balaban J connectivity index is 1.68. The highest BCUT2D eigenvalue weighted by Crippen LogP contribution is 2.27. The first-order chi connectivity index (χ1) is 11.7. The molecule has 0 radical (unpaired) electrons. The van der Waals surface area contributed by atoms with Crippen LogP contribution in [0.3, 0.4) is 0 Å². The van der Waals surface area contributed by atoms with Crippen molar-refractivity contribution in [2.24, 2.45) is 0 Å². The molecule has 1 amide bonds. The first kappa shape index (κ1) is 16.1. The summed E-state index contributed by atoms with van der Waals surface area (Å²) in [5.74, 6) is 0.400. The van der Waals surface area contributed by atoms with Crippen molar-refractivity contribution >= 4 is 27.8 Å². The van der Waals surface area contributed by atoms with Gasteiger partial charge >= 0.3 is 6.09 Å². The lowest BCUT2D eigenvalue weighted by Crippen LogP contribution is -2.14.